The third-order valence-electron chi connectivity index (χ3n) is 15.3. The van der Waals surface area contributed by atoms with Crippen molar-refractivity contribution in [2.45, 2.75) is 212 Å². The van der Waals surface area contributed by atoms with Gasteiger partial charge in [-0.2, -0.15) is 10.2 Å². The number of aliphatic hydroxyl groups is 1. The number of ketones is 1. The predicted octanol–water partition coefficient (Wildman–Crippen LogP) is 12.7. The van der Waals surface area contributed by atoms with Gasteiger partial charge in [0.25, 0.3) is 23.7 Å². The Hall–Kier alpha value is -6.49. The van der Waals surface area contributed by atoms with Crippen molar-refractivity contribution in [1.29, 1.82) is 0 Å². The third-order valence-corrected chi connectivity index (χ3v) is 15.3. The van der Waals surface area contributed by atoms with Gasteiger partial charge in [0.15, 0.2) is 40.3 Å². The van der Waals surface area contributed by atoms with Crippen LogP contribution in [0.1, 0.15) is 241 Å². The Balaban J connectivity index is -0.00000119. The number of nitrogen functional groups attached to an aromatic ring is 1. The van der Waals surface area contributed by atoms with Crippen molar-refractivity contribution < 1.29 is 92.2 Å². The molecule has 0 atom stereocenters. The van der Waals surface area contributed by atoms with Crippen molar-refractivity contribution in [1.82, 2.24) is 16.3 Å². The first-order valence-electron chi connectivity index (χ1n) is 32.8. The zero-order valence-corrected chi connectivity index (χ0v) is 66.2. The Bertz CT molecular complexity index is 3040. The number of nitrogens with one attached hydrogen (secondary N) is 3. The molecule has 20 nitrogen and oxygen atoms in total. The van der Waals surface area contributed by atoms with Crippen molar-refractivity contribution in [3.05, 3.63) is 111 Å². The number of carbonyl (C=O) groups excluding carboxylic acids is 4. The Morgan fingerprint density at radius 1 is 0.464 bits per heavy atom. The summed E-state index contributed by atoms with van der Waals surface area (Å²) in [6.07, 6.45) is 10.0. The average molecular weight is 1360 g/mol. The van der Waals surface area contributed by atoms with Crippen LogP contribution in [0, 0.1) is 32.5 Å². The van der Waals surface area contributed by atoms with Gasteiger partial charge in [0, 0.05) is 71.6 Å². The molecular weight excluding hydrogens is 1240 g/mol. The molecule has 0 saturated heterocycles. The number of hydrogen-bond donors (Lipinski definition) is 6. The SMILES string of the molecule is C/C(=C\C(=O)C(C)(C)C)C(C)(C)C.CC(=O)O.CCCCO.CCc1c(C(=O)N/N=C(\C=C(/C)C(C)(C)C)C(C)(C)C)ccc2c1OCCO2.CCc1c(C(=O)N/N=C(\C=C(/C)C(C)(C)C)C(C)(C)C)ccc2c1OCCO2.CCc1c(C(=O)NN)ccc2c1OCCO2.[B].[NH2-].[Na+]. The molecule has 3 aliphatic rings. The van der Waals surface area contributed by atoms with E-state index in [1.807, 2.05) is 48.5 Å². The summed E-state index contributed by atoms with van der Waals surface area (Å²) in [4.78, 5) is 58.0. The number of hydrazine groups is 1. The van der Waals surface area contributed by atoms with Crippen LogP contribution in [0.4, 0.5) is 0 Å². The number of fused-ring (bicyclic) bond motifs is 3. The fraction of sp³-hybridized carbons (Fsp3) is 0.587. The molecule has 0 spiro atoms. The molecule has 6 rings (SSSR count). The zero-order valence-electron chi connectivity index (χ0n) is 64.2. The van der Waals surface area contributed by atoms with Gasteiger partial charge in [-0.3, -0.25) is 29.4 Å². The Morgan fingerprint density at radius 2 is 0.732 bits per heavy atom. The number of amides is 3. The summed E-state index contributed by atoms with van der Waals surface area (Å²) < 4.78 is 33.7. The topological polar surface area (TPSA) is 302 Å². The summed E-state index contributed by atoms with van der Waals surface area (Å²) in [6, 6.07) is 10.6. The van der Waals surface area contributed by atoms with Crippen LogP contribution in [0.5, 0.6) is 34.5 Å². The first-order valence-corrected chi connectivity index (χ1v) is 32.8. The fourth-order valence-electron chi connectivity index (χ4n) is 8.10. The van der Waals surface area contributed by atoms with Gasteiger partial charge < -0.3 is 44.8 Å². The molecule has 3 aliphatic heterocycles. The van der Waals surface area contributed by atoms with Crippen LogP contribution in [0.15, 0.2) is 81.5 Å². The number of nitrogens with zero attached hydrogens (tertiary/aromatic N) is 2. The van der Waals surface area contributed by atoms with Crippen LogP contribution < -0.4 is 80.1 Å². The molecule has 0 aliphatic carbocycles. The molecule has 3 radical (unpaired) electrons. The van der Waals surface area contributed by atoms with Crippen molar-refractivity contribution >= 4 is 49.3 Å². The quantitative estimate of drug-likeness (QED) is 0.0232. The van der Waals surface area contributed by atoms with Gasteiger partial charge in [0.05, 0.1) is 11.4 Å². The van der Waals surface area contributed by atoms with Crippen molar-refractivity contribution in [3.8, 4) is 34.5 Å². The molecule has 3 heterocycles. The van der Waals surface area contributed by atoms with E-state index >= 15 is 0 Å². The third kappa shape index (κ3) is 32.4. The minimum atomic E-state index is -0.833. The summed E-state index contributed by atoms with van der Waals surface area (Å²) in [5, 5.41) is 24.4. The van der Waals surface area contributed by atoms with Gasteiger partial charge in [-0.15, -0.1) is 0 Å². The normalized spacial score (nSPS) is 13.8. The zero-order chi connectivity index (χ0) is 72.3. The number of aliphatic carboxylic acids is 1. The number of allylic oxidation sites excluding steroid dienone is 6. The summed E-state index contributed by atoms with van der Waals surface area (Å²) in [5.74, 6) is 7.81. The Labute approximate surface area is 606 Å². The van der Waals surface area contributed by atoms with E-state index in [4.69, 9.17) is 49.3 Å². The smallest absolute Gasteiger partial charge is 0.693 e. The molecule has 3 amide bonds. The summed E-state index contributed by atoms with van der Waals surface area (Å²) >= 11 is 0. The second-order valence-corrected chi connectivity index (χ2v) is 29.2. The van der Waals surface area contributed by atoms with Crippen LogP contribution in [-0.2, 0) is 28.9 Å². The van der Waals surface area contributed by atoms with Crippen LogP contribution in [-0.4, -0.2) is 106 Å². The molecular formula is C75H120BN7NaO13. The second-order valence-electron chi connectivity index (χ2n) is 29.2. The average Bonchev–Trinajstić information content (AvgIpc) is 0.813. The molecule has 0 aromatic heterocycles. The number of hydrogen-bond acceptors (Lipinski definition) is 15. The minimum absolute atomic E-state index is 0. The maximum absolute atomic E-state index is 12.9. The number of rotatable bonds is 13. The maximum atomic E-state index is 12.9. The molecule has 22 heteroatoms. The van der Waals surface area contributed by atoms with Gasteiger partial charge in [0.1, 0.15) is 39.6 Å². The van der Waals surface area contributed by atoms with Gasteiger partial charge in [-0.05, 0) is 117 Å². The predicted molar refractivity (Wildman–Crippen MR) is 391 cm³/mol. The number of hydrazone groups is 2. The molecule has 0 bridgehead atoms. The van der Waals surface area contributed by atoms with Crippen LogP contribution >= 0.6 is 0 Å². The molecule has 9 N–H and O–H groups in total. The van der Waals surface area contributed by atoms with E-state index in [-0.39, 0.29) is 100 Å². The molecule has 3 aromatic carbocycles. The Morgan fingerprint density at radius 3 is 0.948 bits per heavy atom. The molecule has 3 aromatic rings. The summed E-state index contributed by atoms with van der Waals surface area (Å²) in [6.45, 7) is 56.5. The number of ether oxygens (including phenoxy) is 6. The fourth-order valence-corrected chi connectivity index (χ4v) is 8.10. The van der Waals surface area contributed by atoms with E-state index in [9.17, 15) is 19.2 Å². The maximum Gasteiger partial charge on any atom is 1.00 e. The number of carboxylic acid groups (broad SMARTS) is 1. The van der Waals surface area contributed by atoms with E-state index in [0.29, 0.717) is 117 Å². The van der Waals surface area contributed by atoms with E-state index < -0.39 is 5.97 Å². The van der Waals surface area contributed by atoms with Crippen molar-refractivity contribution in [2.75, 3.05) is 46.2 Å². The van der Waals surface area contributed by atoms with E-state index in [0.717, 1.165) is 53.5 Å². The van der Waals surface area contributed by atoms with Crippen LogP contribution in [0.2, 0.25) is 0 Å². The standard InChI is InChI=1S/2C23H34N2O3.C12H22O.C11H14N2O3.C4H10O.C2H4O2.B.H2N.Na/c2*1-9-16-17(10-11-18-20(16)28-13-12-27-18)21(26)25-24-19(23(6,7)8)14-15(2)22(3,4)5;1-9(11(2,3)4)8-10(13)12(5,6)7;1-2-7-8(11(14)13-12)3-4-9-10(7)16-6-5-15-9;1-2-3-4-5;1-2(3)4;;;/h2*10-11,14H,9,12-13H2,1-8H3,(H,25,26);8H,1-7H3;3-4H,2,5-6,12H2,1H3,(H,13,14);5H,2-4H2,1H3;1H3,(H,3,4);;1H2;/q;;;;;;;-1;+1/b2*15-14+,24-19+;9-8+;;;;;;. The number of nitrogens with two attached hydrogens (primary N) is 2. The summed E-state index contributed by atoms with van der Waals surface area (Å²) in [7, 11) is 0. The number of benzene rings is 3. The molecule has 0 saturated carbocycles. The largest absolute Gasteiger partial charge is 1.00 e. The van der Waals surface area contributed by atoms with Gasteiger partial charge in [0.2, 0.25) is 0 Å². The number of carboxylic acids is 1. The second kappa shape index (κ2) is 43.1. The minimum Gasteiger partial charge on any atom is -0.693 e. The van der Waals surface area contributed by atoms with Crippen LogP contribution in [0.3, 0.4) is 0 Å². The first-order chi connectivity index (χ1) is 43.4. The van der Waals surface area contributed by atoms with Crippen molar-refractivity contribution in [2.24, 2.45) is 48.5 Å². The van der Waals surface area contributed by atoms with Gasteiger partial charge >= 0.3 is 29.6 Å². The molecule has 0 unspecified atom stereocenters. The van der Waals surface area contributed by atoms with Crippen LogP contribution in [0.25, 0.3) is 6.15 Å². The van der Waals surface area contributed by atoms with Gasteiger partial charge in [-0.1, -0.05) is 175 Å². The number of unbranched alkanes of at least 4 members (excludes halogenated alkanes) is 1. The summed E-state index contributed by atoms with van der Waals surface area (Å²) in [5.41, 5.74) is 16.6. The monoisotopic (exact) mass is 1360 g/mol. The number of carbonyl (C=O) groups is 5. The van der Waals surface area contributed by atoms with Gasteiger partial charge in [-0.25, -0.2) is 16.7 Å². The Kier molecular flexibility index (Phi) is 42.1. The molecule has 537 valence electrons. The first kappa shape index (κ1) is 94.7. The molecule has 97 heavy (non-hydrogen) atoms. The van der Waals surface area contributed by atoms with E-state index in [2.05, 4.69) is 163 Å². The van der Waals surface area contributed by atoms with E-state index in [1.54, 1.807) is 42.5 Å². The molecule has 0 fully saturated rings. The van der Waals surface area contributed by atoms with Crippen molar-refractivity contribution in [3.63, 3.8) is 0 Å². The number of aliphatic hydroxyl groups excluding tert-OH is 1. The van der Waals surface area contributed by atoms with E-state index in [1.165, 1.54) is 11.1 Å².